The lowest BCUT2D eigenvalue weighted by Gasteiger charge is -2.17. The number of rotatable bonds is 6. The van der Waals surface area contributed by atoms with Gasteiger partial charge in [0.15, 0.2) is 11.5 Å². The highest BCUT2D eigenvalue weighted by atomic mass is 16.7. The van der Waals surface area contributed by atoms with Crippen LogP contribution in [-0.4, -0.2) is 38.9 Å². The quantitative estimate of drug-likeness (QED) is 0.781. The normalized spacial score (nSPS) is 17.3. The van der Waals surface area contributed by atoms with Crippen molar-refractivity contribution in [3.05, 3.63) is 48.0 Å². The van der Waals surface area contributed by atoms with Gasteiger partial charge in [0.1, 0.15) is 5.75 Å². The number of hydrogen-bond donors (Lipinski definition) is 2. The molecule has 3 amide bonds. The third-order valence-electron chi connectivity index (χ3n) is 5.04. The molecule has 4 rings (SSSR count). The molecule has 29 heavy (non-hydrogen) atoms. The smallest absolute Gasteiger partial charge is 0.315 e. The zero-order chi connectivity index (χ0) is 20.2. The average Bonchev–Trinajstić information content (AvgIpc) is 3.36. The van der Waals surface area contributed by atoms with Crippen LogP contribution in [0.2, 0.25) is 0 Å². The highest BCUT2D eigenvalue weighted by Gasteiger charge is 2.31. The first-order valence-corrected chi connectivity index (χ1v) is 9.47. The summed E-state index contributed by atoms with van der Waals surface area (Å²) < 4.78 is 15.8. The maximum absolute atomic E-state index is 12.4. The Labute approximate surface area is 168 Å². The molecule has 2 N–H and O–H groups in total. The van der Waals surface area contributed by atoms with Crippen molar-refractivity contribution in [1.82, 2.24) is 10.6 Å². The van der Waals surface area contributed by atoms with Crippen molar-refractivity contribution in [2.24, 2.45) is 5.92 Å². The molecule has 8 heteroatoms. The van der Waals surface area contributed by atoms with E-state index in [-0.39, 0.29) is 24.6 Å². The van der Waals surface area contributed by atoms with Crippen LogP contribution < -0.4 is 29.7 Å². The largest absolute Gasteiger partial charge is 0.497 e. The summed E-state index contributed by atoms with van der Waals surface area (Å²) in [6.07, 6.45) is 0.396. The van der Waals surface area contributed by atoms with Crippen molar-refractivity contribution in [1.29, 1.82) is 0 Å². The number of fused-ring (bicyclic) bond motifs is 1. The van der Waals surface area contributed by atoms with Crippen LogP contribution in [0, 0.1) is 5.92 Å². The topological polar surface area (TPSA) is 89.1 Å². The summed E-state index contributed by atoms with van der Waals surface area (Å²) in [4.78, 5) is 26.2. The van der Waals surface area contributed by atoms with Gasteiger partial charge in [-0.05, 0) is 29.8 Å². The molecule has 0 saturated carbocycles. The van der Waals surface area contributed by atoms with E-state index in [1.54, 1.807) is 12.0 Å². The van der Waals surface area contributed by atoms with E-state index in [2.05, 4.69) is 10.6 Å². The molecule has 0 radical (unpaired) electrons. The maximum atomic E-state index is 12.4. The molecule has 0 bridgehead atoms. The van der Waals surface area contributed by atoms with Crippen LogP contribution >= 0.6 is 0 Å². The van der Waals surface area contributed by atoms with Crippen molar-refractivity contribution < 1.29 is 23.8 Å². The summed E-state index contributed by atoms with van der Waals surface area (Å²) in [6.45, 7) is 1.60. The number of carbonyl (C=O) groups is 2. The Balaban J connectivity index is 1.25. The van der Waals surface area contributed by atoms with Gasteiger partial charge in [0, 0.05) is 43.7 Å². The Kier molecular flexibility index (Phi) is 5.41. The molecule has 0 spiro atoms. The number of benzene rings is 2. The number of nitrogens with one attached hydrogen (secondary N) is 2. The van der Waals surface area contributed by atoms with Crippen LogP contribution in [-0.2, 0) is 11.3 Å². The number of anilines is 1. The minimum Gasteiger partial charge on any atom is -0.497 e. The Morgan fingerprint density at radius 1 is 1.14 bits per heavy atom. The third kappa shape index (κ3) is 4.37. The Morgan fingerprint density at radius 3 is 2.72 bits per heavy atom. The van der Waals surface area contributed by atoms with Crippen LogP contribution in [0.5, 0.6) is 17.2 Å². The van der Waals surface area contributed by atoms with Gasteiger partial charge in [-0.2, -0.15) is 0 Å². The summed E-state index contributed by atoms with van der Waals surface area (Å²) in [5, 5.41) is 5.68. The molecule has 0 aliphatic carbocycles. The minimum atomic E-state index is -0.255. The maximum Gasteiger partial charge on any atom is 0.315 e. The number of amides is 3. The van der Waals surface area contributed by atoms with Crippen molar-refractivity contribution in [2.45, 2.75) is 13.0 Å². The first kappa shape index (κ1) is 18.9. The molecule has 2 heterocycles. The predicted molar refractivity (Wildman–Crippen MR) is 106 cm³/mol. The van der Waals surface area contributed by atoms with Crippen LogP contribution in [0.3, 0.4) is 0 Å². The van der Waals surface area contributed by atoms with Gasteiger partial charge in [0.05, 0.1) is 7.11 Å². The van der Waals surface area contributed by atoms with Gasteiger partial charge in [-0.1, -0.05) is 12.1 Å². The second kappa shape index (κ2) is 8.30. The Hall–Kier alpha value is -3.42. The molecule has 8 nitrogen and oxygen atoms in total. The van der Waals surface area contributed by atoms with E-state index in [1.807, 2.05) is 42.5 Å². The summed E-state index contributed by atoms with van der Waals surface area (Å²) >= 11 is 0. The monoisotopic (exact) mass is 397 g/mol. The third-order valence-corrected chi connectivity index (χ3v) is 5.04. The first-order chi connectivity index (χ1) is 14.1. The molecule has 1 atom stereocenters. The van der Waals surface area contributed by atoms with Crippen molar-refractivity contribution in [3.63, 3.8) is 0 Å². The van der Waals surface area contributed by atoms with E-state index in [9.17, 15) is 9.59 Å². The molecule has 2 aromatic carbocycles. The van der Waals surface area contributed by atoms with Gasteiger partial charge in [0.2, 0.25) is 12.7 Å². The summed E-state index contributed by atoms with van der Waals surface area (Å²) in [6, 6.07) is 12.7. The molecule has 1 fully saturated rings. The molecular formula is C21H23N3O5. The van der Waals surface area contributed by atoms with Crippen molar-refractivity contribution in [3.8, 4) is 17.2 Å². The second-order valence-corrected chi connectivity index (χ2v) is 7.02. The molecule has 152 valence electrons. The second-order valence-electron chi connectivity index (χ2n) is 7.02. The lowest BCUT2D eigenvalue weighted by molar-refractivity contribution is -0.117. The number of hydrogen-bond acceptors (Lipinski definition) is 5. The molecule has 2 aliphatic rings. The van der Waals surface area contributed by atoms with E-state index >= 15 is 0 Å². The van der Waals surface area contributed by atoms with E-state index in [1.165, 1.54) is 0 Å². The number of ether oxygens (including phenoxy) is 3. The SMILES string of the molecule is COc1ccc(CNC(=O)NCC2CC(=O)N(c3ccc4c(c3)OCO4)C2)cc1. The van der Waals surface area contributed by atoms with Crippen LogP contribution in [0.15, 0.2) is 42.5 Å². The van der Waals surface area contributed by atoms with Gasteiger partial charge in [-0.15, -0.1) is 0 Å². The van der Waals surface area contributed by atoms with Gasteiger partial charge in [-0.3, -0.25) is 4.79 Å². The van der Waals surface area contributed by atoms with Gasteiger partial charge >= 0.3 is 6.03 Å². The number of nitrogens with zero attached hydrogens (tertiary/aromatic N) is 1. The first-order valence-electron chi connectivity index (χ1n) is 9.47. The van der Waals surface area contributed by atoms with E-state index < -0.39 is 0 Å². The molecule has 0 aromatic heterocycles. The molecular weight excluding hydrogens is 374 g/mol. The summed E-state index contributed by atoms with van der Waals surface area (Å²) in [7, 11) is 1.61. The van der Waals surface area contributed by atoms with E-state index in [4.69, 9.17) is 14.2 Å². The molecule has 1 unspecified atom stereocenters. The highest BCUT2D eigenvalue weighted by molar-refractivity contribution is 5.96. The Bertz CT molecular complexity index is 900. The zero-order valence-electron chi connectivity index (χ0n) is 16.1. The fraction of sp³-hybridized carbons (Fsp3) is 0.333. The highest BCUT2D eigenvalue weighted by Crippen LogP contribution is 2.37. The van der Waals surface area contributed by atoms with Crippen molar-refractivity contribution >= 4 is 17.6 Å². The van der Waals surface area contributed by atoms with E-state index in [0.29, 0.717) is 37.6 Å². The average molecular weight is 397 g/mol. The lowest BCUT2D eigenvalue weighted by atomic mass is 10.1. The fourth-order valence-electron chi connectivity index (χ4n) is 3.45. The van der Waals surface area contributed by atoms with E-state index in [0.717, 1.165) is 17.0 Å². The van der Waals surface area contributed by atoms with Gasteiger partial charge in [-0.25, -0.2) is 4.79 Å². The van der Waals surface area contributed by atoms with Crippen LogP contribution in [0.25, 0.3) is 0 Å². The summed E-state index contributed by atoms with van der Waals surface area (Å²) in [5.41, 5.74) is 1.76. The van der Waals surface area contributed by atoms with Crippen LogP contribution in [0.4, 0.5) is 10.5 Å². The van der Waals surface area contributed by atoms with Gasteiger partial charge in [0.25, 0.3) is 0 Å². The summed E-state index contributed by atoms with van der Waals surface area (Å²) in [5.74, 6) is 2.20. The fourth-order valence-corrected chi connectivity index (χ4v) is 3.45. The number of methoxy groups -OCH3 is 1. The van der Waals surface area contributed by atoms with Gasteiger partial charge < -0.3 is 29.7 Å². The molecule has 1 saturated heterocycles. The lowest BCUT2D eigenvalue weighted by Crippen LogP contribution is -2.38. The molecule has 2 aliphatic heterocycles. The molecule has 2 aromatic rings. The van der Waals surface area contributed by atoms with Crippen LogP contribution in [0.1, 0.15) is 12.0 Å². The standard InChI is InChI=1S/C21H23N3O5/c1-27-17-5-2-14(3-6-17)10-22-21(26)23-11-15-8-20(25)24(12-15)16-4-7-18-19(9-16)29-13-28-18/h2-7,9,15H,8,10-13H2,1H3,(H2,22,23,26). The number of urea groups is 1. The Morgan fingerprint density at radius 2 is 1.93 bits per heavy atom. The predicted octanol–water partition coefficient (Wildman–Crippen LogP) is 2.28. The van der Waals surface area contributed by atoms with Crippen molar-refractivity contribution in [2.75, 3.05) is 31.9 Å². The number of carbonyl (C=O) groups excluding carboxylic acids is 2. The zero-order valence-corrected chi connectivity index (χ0v) is 16.1. The minimum absolute atomic E-state index is 0.0364.